The summed E-state index contributed by atoms with van der Waals surface area (Å²) in [5.74, 6) is 0. The van der Waals surface area contributed by atoms with E-state index in [2.05, 4.69) is 4.72 Å². The smallest absolute Gasteiger partial charge is 0.323 e. The van der Waals surface area contributed by atoms with Crippen LogP contribution in [0.25, 0.3) is 0 Å². The highest BCUT2D eigenvalue weighted by Crippen LogP contribution is 2.30. The molecule has 1 aliphatic rings. The number of aryl methyl sites for hydroxylation is 2. The number of nitrogens with zero attached hydrogens (tertiary/aromatic N) is 2. The lowest BCUT2D eigenvalue weighted by Gasteiger charge is -2.32. The maximum Gasteiger partial charge on any atom is 0.324 e. The third-order valence-electron chi connectivity index (χ3n) is 4.46. The van der Waals surface area contributed by atoms with Crippen molar-refractivity contribution < 1.29 is 13.2 Å². The van der Waals surface area contributed by atoms with E-state index in [0.29, 0.717) is 12.2 Å². The van der Waals surface area contributed by atoms with Gasteiger partial charge in [-0.05, 0) is 48.7 Å². The summed E-state index contributed by atoms with van der Waals surface area (Å²) in [6.45, 7) is 4.12. The fourth-order valence-corrected chi connectivity index (χ4v) is 4.29. The predicted molar refractivity (Wildman–Crippen MR) is 98.4 cm³/mol. The van der Waals surface area contributed by atoms with Crippen LogP contribution >= 0.6 is 0 Å². The molecule has 1 N–H and O–H groups in total. The number of hydrogen-bond donors (Lipinski definition) is 1. The Bertz CT molecular complexity index is 934. The fraction of sp³-hybridized carbons (Fsp3) is 0.278. The van der Waals surface area contributed by atoms with Crippen molar-refractivity contribution in [3.8, 4) is 0 Å². The van der Waals surface area contributed by atoms with E-state index in [1.807, 2.05) is 32.0 Å². The van der Waals surface area contributed by atoms with E-state index in [9.17, 15) is 13.2 Å². The van der Waals surface area contributed by atoms with Gasteiger partial charge in [0.05, 0.1) is 16.3 Å². The Morgan fingerprint density at radius 2 is 1.68 bits per heavy atom. The van der Waals surface area contributed by atoms with E-state index in [1.165, 1.54) is 11.0 Å². The molecule has 7 heteroatoms. The van der Waals surface area contributed by atoms with Gasteiger partial charge in [0.1, 0.15) is 0 Å². The Kier molecular flexibility index (Phi) is 4.20. The molecule has 0 unspecified atom stereocenters. The zero-order valence-electron chi connectivity index (χ0n) is 14.7. The summed E-state index contributed by atoms with van der Waals surface area (Å²) in [5.41, 5.74) is 3.87. The SMILES string of the molecule is Cc1cccc(C)c1NS(=O)(=O)c1ccc2c(c1)CN(C)C(=O)N2C. The Labute approximate surface area is 148 Å². The molecule has 0 fully saturated rings. The van der Waals surface area contributed by atoms with Crippen molar-refractivity contribution >= 4 is 27.4 Å². The topological polar surface area (TPSA) is 69.7 Å². The number of nitrogens with one attached hydrogen (secondary N) is 1. The van der Waals surface area contributed by atoms with Crippen molar-refractivity contribution in [1.29, 1.82) is 0 Å². The monoisotopic (exact) mass is 359 g/mol. The lowest BCUT2D eigenvalue weighted by molar-refractivity contribution is 0.212. The Morgan fingerprint density at radius 1 is 1.04 bits per heavy atom. The number of anilines is 2. The van der Waals surface area contributed by atoms with Gasteiger partial charge in [-0.25, -0.2) is 13.2 Å². The molecule has 0 aliphatic carbocycles. The van der Waals surface area contributed by atoms with Crippen LogP contribution in [0.15, 0.2) is 41.3 Å². The Hall–Kier alpha value is -2.54. The molecular weight excluding hydrogens is 338 g/mol. The molecule has 0 saturated carbocycles. The van der Waals surface area contributed by atoms with Crippen LogP contribution in [0.5, 0.6) is 0 Å². The van der Waals surface area contributed by atoms with E-state index in [1.54, 1.807) is 31.1 Å². The van der Waals surface area contributed by atoms with Crippen molar-refractivity contribution in [2.24, 2.45) is 0 Å². The molecule has 1 aliphatic heterocycles. The Morgan fingerprint density at radius 3 is 2.32 bits per heavy atom. The van der Waals surface area contributed by atoms with E-state index < -0.39 is 10.0 Å². The first-order valence-electron chi connectivity index (χ1n) is 7.91. The first kappa shape index (κ1) is 17.3. The summed E-state index contributed by atoms with van der Waals surface area (Å²) < 4.78 is 28.3. The number of carbonyl (C=O) groups excluding carboxylic acids is 1. The lowest BCUT2D eigenvalue weighted by Crippen LogP contribution is -2.42. The van der Waals surface area contributed by atoms with Gasteiger partial charge in [-0.2, -0.15) is 0 Å². The normalized spacial score (nSPS) is 14.5. The van der Waals surface area contributed by atoms with E-state index in [4.69, 9.17) is 0 Å². The van der Waals surface area contributed by atoms with E-state index in [-0.39, 0.29) is 10.9 Å². The second-order valence-corrected chi connectivity index (χ2v) is 8.04. The number of para-hydroxylation sites is 1. The summed E-state index contributed by atoms with van der Waals surface area (Å²) in [6, 6.07) is 10.4. The van der Waals surface area contributed by atoms with E-state index in [0.717, 1.165) is 22.4 Å². The standard InChI is InChI=1S/C18H21N3O3S/c1-12-6-5-7-13(2)17(12)19-25(23,24)15-8-9-16-14(10-15)11-20(3)18(22)21(16)4/h5-10,19H,11H2,1-4H3. The van der Waals surface area contributed by atoms with Gasteiger partial charge in [0, 0.05) is 20.6 Å². The van der Waals surface area contributed by atoms with Crippen LogP contribution in [0.1, 0.15) is 16.7 Å². The van der Waals surface area contributed by atoms with Gasteiger partial charge >= 0.3 is 6.03 Å². The molecule has 3 rings (SSSR count). The summed E-state index contributed by atoms with van der Waals surface area (Å²) in [4.78, 5) is 15.3. The summed E-state index contributed by atoms with van der Waals surface area (Å²) >= 11 is 0. The van der Waals surface area contributed by atoms with Crippen molar-refractivity contribution in [1.82, 2.24) is 4.90 Å². The van der Waals surface area contributed by atoms with Crippen molar-refractivity contribution in [2.75, 3.05) is 23.7 Å². The molecule has 2 amide bonds. The van der Waals surface area contributed by atoms with Crippen molar-refractivity contribution in [2.45, 2.75) is 25.3 Å². The molecule has 0 atom stereocenters. The van der Waals surface area contributed by atoms with Gasteiger partial charge in [0.15, 0.2) is 0 Å². The molecule has 2 aromatic carbocycles. The first-order valence-corrected chi connectivity index (χ1v) is 9.40. The molecular formula is C18H21N3O3S. The number of carbonyl (C=O) groups is 1. The largest absolute Gasteiger partial charge is 0.324 e. The maximum absolute atomic E-state index is 12.8. The number of rotatable bonds is 3. The van der Waals surface area contributed by atoms with Gasteiger partial charge in [0.2, 0.25) is 0 Å². The highest BCUT2D eigenvalue weighted by Gasteiger charge is 2.27. The first-order chi connectivity index (χ1) is 11.7. The minimum atomic E-state index is -3.71. The molecule has 0 spiro atoms. The van der Waals surface area contributed by atoms with Crippen molar-refractivity contribution in [3.63, 3.8) is 0 Å². The maximum atomic E-state index is 12.8. The molecule has 132 valence electrons. The molecule has 0 saturated heterocycles. The summed E-state index contributed by atoms with van der Waals surface area (Å²) in [6.07, 6.45) is 0. The third-order valence-corrected chi connectivity index (χ3v) is 5.81. The highest BCUT2D eigenvalue weighted by molar-refractivity contribution is 7.92. The van der Waals surface area contributed by atoms with Crippen LogP contribution in [-0.4, -0.2) is 33.4 Å². The quantitative estimate of drug-likeness (QED) is 0.915. The third kappa shape index (κ3) is 3.07. The second kappa shape index (κ2) is 6.07. The number of urea groups is 1. The van der Waals surface area contributed by atoms with Crippen LogP contribution in [0.3, 0.4) is 0 Å². The summed E-state index contributed by atoms with van der Waals surface area (Å²) in [7, 11) is -0.339. The molecule has 0 radical (unpaired) electrons. The highest BCUT2D eigenvalue weighted by atomic mass is 32.2. The molecule has 1 heterocycles. The predicted octanol–water partition coefficient (Wildman–Crippen LogP) is 3.11. The molecule has 6 nitrogen and oxygen atoms in total. The summed E-state index contributed by atoms with van der Waals surface area (Å²) in [5, 5.41) is 0. The van der Waals surface area contributed by atoms with Crippen LogP contribution < -0.4 is 9.62 Å². The number of fused-ring (bicyclic) bond motifs is 1. The number of amides is 2. The minimum absolute atomic E-state index is 0.114. The second-order valence-electron chi connectivity index (χ2n) is 6.36. The molecule has 25 heavy (non-hydrogen) atoms. The molecule has 0 aromatic heterocycles. The van der Waals surface area contributed by atoms with Gasteiger partial charge in [-0.15, -0.1) is 0 Å². The van der Waals surface area contributed by atoms with Gasteiger partial charge in [-0.1, -0.05) is 18.2 Å². The van der Waals surface area contributed by atoms with Crippen LogP contribution in [0.4, 0.5) is 16.2 Å². The molecule has 0 bridgehead atoms. The average Bonchev–Trinajstić information content (AvgIpc) is 2.56. The number of hydrogen-bond acceptors (Lipinski definition) is 3. The molecule has 2 aromatic rings. The fourth-order valence-electron chi connectivity index (χ4n) is 3.03. The van der Waals surface area contributed by atoms with Crippen molar-refractivity contribution in [3.05, 3.63) is 53.1 Å². The Balaban J connectivity index is 1.99. The zero-order valence-corrected chi connectivity index (χ0v) is 15.5. The van der Waals surface area contributed by atoms with Gasteiger partial charge < -0.3 is 4.90 Å². The van der Waals surface area contributed by atoms with Gasteiger partial charge in [-0.3, -0.25) is 9.62 Å². The minimum Gasteiger partial charge on any atom is -0.323 e. The van der Waals surface area contributed by atoms with Crippen LogP contribution in [0, 0.1) is 13.8 Å². The van der Waals surface area contributed by atoms with E-state index >= 15 is 0 Å². The lowest BCUT2D eigenvalue weighted by atomic mass is 10.1. The van der Waals surface area contributed by atoms with Gasteiger partial charge in [0.25, 0.3) is 10.0 Å². The van der Waals surface area contributed by atoms with Crippen LogP contribution in [-0.2, 0) is 16.6 Å². The van der Waals surface area contributed by atoms with Crippen LogP contribution in [0.2, 0.25) is 0 Å². The number of sulfonamides is 1. The number of benzene rings is 2. The average molecular weight is 359 g/mol. The zero-order chi connectivity index (χ0) is 18.4.